The Kier molecular flexibility index (Phi) is 5.97. The van der Waals surface area contributed by atoms with Crippen LogP contribution in [0.3, 0.4) is 0 Å². The number of hydrogen-bond acceptors (Lipinski definition) is 2. The average Bonchev–Trinajstić information content (AvgIpc) is 2.84. The van der Waals surface area contributed by atoms with Crippen LogP contribution >= 0.6 is 0 Å². The van der Waals surface area contributed by atoms with Gasteiger partial charge in [-0.2, -0.15) is 17.4 Å². The molecule has 0 radical (unpaired) electrons. The zero-order valence-corrected chi connectivity index (χ0v) is 17.2. The average molecular weight is 366 g/mol. The summed E-state index contributed by atoms with van der Waals surface area (Å²) in [4.78, 5) is 0. The molecule has 6 heteroatoms. The van der Waals surface area contributed by atoms with Crippen LogP contribution < -0.4 is 4.72 Å². The molecule has 25 heavy (non-hydrogen) atoms. The quantitative estimate of drug-likeness (QED) is 0.809. The van der Waals surface area contributed by atoms with Gasteiger partial charge in [0.1, 0.15) is 0 Å². The third-order valence-electron chi connectivity index (χ3n) is 4.44. The fourth-order valence-corrected chi connectivity index (χ4v) is 3.76. The van der Waals surface area contributed by atoms with E-state index >= 15 is 0 Å². The van der Waals surface area contributed by atoms with E-state index in [1.807, 2.05) is 6.92 Å². The van der Waals surface area contributed by atoms with Gasteiger partial charge in [0.05, 0.1) is 0 Å². The van der Waals surface area contributed by atoms with Gasteiger partial charge >= 0.3 is 0 Å². The Morgan fingerprint density at radius 1 is 1.12 bits per heavy atom. The number of hydrogen-bond donors (Lipinski definition) is 1. The molecule has 1 atom stereocenters. The maximum absolute atomic E-state index is 12.2. The number of nitrogens with one attached hydrogen (secondary N) is 1. The molecule has 0 aliphatic rings. The number of rotatable bonds is 7. The molecule has 0 unspecified atom stereocenters. The van der Waals surface area contributed by atoms with E-state index in [1.165, 1.54) is 29.5 Å². The van der Waals surface area contributed by atoms with Crippen molar-refractivity contribution in [2.75, 3.05) is 14.1 Å². The van der Waals surface area contributed by atoms with Crippen LogP contribution in [-0.2, 0) is 16.8 Å². The summed E-state index contributed by atoms with van der Waals surface area (Å²) in [6, 6.07) is 6.20. The topological polar surface area (TPSA) is 54.3 Å². The Morgan fingerprint density at radius 3 is 2.28 bits per heavy atom. The van der Waals surface area contributed by atoms with Crippen molar-refractivity contribution in [3.05, 3.63) is 35.5 Å². The third kappa shape index (κ3) is 4.43. The molecule has 2 aromatic rings. The van der Waals surface area contributed by atoms with E-state index in [1.54, 1.807) is 0 Å². The summed E-state index contributed by atoms with van der Waals surface area (Å²) in [6.45, 7) is 11.6. The fourth-order valence-electron chi connectivity index (χ4n) is 2.98. The molecule has 0 spiro atoms. The number of nitrogens with zero attached hydrogens (tertiary/aromatic N) is 2. The molecule has 0 bridgehead atoms. The van der Waals surface area contributed by atoms with Crippen molar-refractivity contribution in [2.24, 2.45) is 5.92 Å². The van der Waals surface area contributed by atoms with Gasteiger partial charge in [-0.3, -0.25) is 0 Å². The monoisotopic (exact) mass is 365 g/mol. The second-order valence-electron chi connectivity index (χ2n) is 7.69. The van der Waals surface area contributed by atoms with E-state index in [0.29, 0.717) is 11.8 Å². The summed E-state index contributed by atoms with van der Waals surface area (Å²) in [5.74, 6) is 0.972. The van der Waals surface area contributed by atoms with Crippen LogP contribution in [0.15, 0.2) is 24.4 Å². The Morgan fingerprint density at radius 2 is 1.76 bits per heavy atom. The number of benzene rings is 1. The van der Waals surface area contributed by atoms with E-state index < -0.39 is 10.2 Å². The van der Waals surface area contributed by atoms with Crippen molar-refractivity contribution in [1.29, 1.82) is 0 Å². The van der Waals surface area contributed by atoms with Gasteiger partial charge in [-0.25, -0.2) is 0 Å². The van der Waals surface area contributed by atoms with Crippen molar-refractivity contribution >= 4 is 21.1 Å². The largest absolute Gasteiger partial charge is 0.347 e. The van der Waals surface area contributed by atoms with Crippen LogP contribution in [0, 0.1) is 5.92 Å². The molecule has 1 aromatic carbocycles. The molecule has 0 fully saturated rings. The van der Waals surface area contributed by atoms with Gasteiger partial charge < -0.3 is 4.57 Å². The van der Waals surface area contributed by atoms with Gasteiger partial charge in [-0.1, -0.05) is 39.8 Å². The SMILES string of the molecule is CC(C)Cn1cc([C@@H](C)NS(=O)(=O)N(C)C)c2ccc(C(C)C)cc21. The number of aromatic nitrogens is 1. The standard InChI is InChI=1S/C19H31N3O2S/c1-13(2)11-22-12-18(15(5)20-25(23,24)21(6)7)17-9-8-16(14(3)4)10-19(17)22/h8-10,12-15,20H,11H2,1-7H3/t15-/m1/s1. The molecule has 1 heterocycles. The lowest BCUT2D eigenvalue weighted by molar-refractivity contribution is 0.494. The number of fused-ring (bicyclic) bond motifs is 1. The molecule has 0 aliphatic heterocycles. The summed E-state index contributed by atoms with van der Waals surface area (Å²) < 4.78 is 30.6. The summed E-state index contributed by atoms with van der Waals surface area (Å²) in [6.07, 6.45) is 2.09. The predicted molar refractivity (Wildman–Crippen MR) is 105 cm³/mol. The Hall–Kier alpha value is -1.37. The minimum absolute atomic E-state index is 0.298. The van der Waals surface area contributed by atoms with Gasteiger partial charge in [0.15, 0.2) is 0 Å². The van der Waals surface area contributed by atoms with Gasteiger partial charge in [0, 0.05) is 43.8 Å². The van der Waals surface area contributed by atoms with Gasteiger partial charge in [0.2, 0.25) is 0 Å². The molecule has 0 saturated heterocycles. The van der Waals surface area contributed by atoms with E-state index in [2.05, 4.69) is 61.4 Å². The minimum Gasteiger partial charge on any atom is -0.347 e. The lowest BCUT2D eigenvalue weighted by Crippen LogP contribution is -2.37. The minimum atomic E-state index is -3.48. The fraction of sp³-hybridized carbons (Fsp3) is 0.579. The molecule has 1 N–H and O–H groups in total. The summed E-state index contributed by atoms with van der Waals surface area (Å²) in [5, 5.41) is 1.11. The lowest BCUT2D eigenvalue weighted by Gasteiger charge is -2.17. The summed E-state index contributed by atoms with van der Waals surface area (Å²) in [7, 11) is -0.408. The van der Waals surface area contributed by atoms with Crippen LogP contribution in [0.2, 0.25) is 0 Å². The summed E-state index contributed by atoms with van der Waals surface area (Å²) >= 11 is 0. The Balaban J connectivity index is 2.53. The van der Waals surface area contributed by atoms with Crippen LogP contribution in [0.4, 0.5) is 0 Å². The molecule has 1 aromatic heterocycles. The van der Waals surface area contributed by atoms with E-state index in [9.17, 15) is 8.42 Å². The first-order valence-electron chi connectivity index (χ1n) is 8.85. The highest BCUT2D eigenvalue weighted by Gasteiger charge is 2.21. The predicted octanol–water partition coefficient (Wildman–Crippen LogP) is 3.88. The first-order valence-corrected chi connectivity index (χ1v) is 10.3. The second-order valence-corrected chi connectivity index (χ2v) is 9.61. The zero-order chi connectivity index (χ0) is 18.9. The molecule has 0 saturated carbocycles. The lowest BCUT2D eigenvalue weighted by atomic mass is 10.00. The van der Waals surface area contributed by atoms with Crippen molar-refractivity contribution in [2.45, 2.75) is 53.1 Å². The molecule has 2 rings (SSSR count). The van der Waals surface area contributed by atoms with E-state index in [0.717, 1.165) is 17.5 Å². The smallest absolute Gasteiger partial charge is 0.279 e. The molecule has 5 nitrogen and oxygen atoms in total. The van der Waals surface area contributed by atoms with E-state index in [4.69, 9.17) is 0 Å². The van der Waals surface area contributed by atoms with Crippen LogP contribution in [0.1, 0.15) is 57.7 Å². The maximum atomic E-state index is 12.2. The van der Waals surface area contributed by atoms with Crippen molar-refractivity contribution in [1.82, 2.24) is 13.6 Å². The van der Waals surface area contributed by atoms with E-state index in [-0.39, 0.29) is 6.04 Å². The van der Waals surface area contributed by atoms with Gasteiger partial charge in [-0.15, -0.1) is 0 Å². The Labute approximate surface area is 152 Å². The highest BCUT2D eigenvalue weighted by atomic mass is 32.2. The van der Waals surface area contributed by atoms with Crippen LogP contribution in [-0.4, -0.2) is 31.4 Å². The van der Waals surface area contributed by atoms with Crippen molar-refractivity contribution < 1.29 is 8.42 Å². The van der Waals surface area contributed by atoms with Crippen LogP contribution in [0.5, 0.6) is 0 Å². The Bertz CT molecular complexity index is 836. The second kappa shape index (κ2) is 7.48. The van der Waals surface area contributed by atoms with Gasteiger partial charge in [0.25, 0.3) is 10.2 Å². The third-order valence-corrected chi connectivity index (χ3v) is 6.05. The molecule has 0 aliphatic carbocycles. The first-order chi connectivity index (χ1) is 11.5. The summed E-state index contributed by atoms with van der Waals surface area (Å²) in [5.41, 5.74) is 3.48. The normalized spacial score (nSPS) is 14.2. The maximum Gasteiger partial charge on any atom is 0.279 e. The zero-order valence-electron chi connectivity index (χ0n) is 16.4. The first kappa shape index (κ1) is 19.9. The highest BCUT2D eigenvalue weighted by molar-refractivity contribution is 7.87. The highest BCUT2D eigenvalue weighted by Crippen LogP contribution is 2.30. The molecular weight excluding hydrogens is 334 g/mol. The van der Waals surface area contributed by atoms with Gasteiger partial charge in [-0.05, 0) is 36.0 Å². The molecule has 140 valence electrons. The van der Waals surface area contributed by atoms with Crippen molar-refractivity contribution in [3.8, 4) is 0 Å². The molecular formula is C19H31N3O2S. The molecule has 0 amide bonds. The van der Waals surface area contributed by atoms with Crippen LogP contribution in [0.25, 0.3) is 10.9 Å². The van der Waals surface area contributed by atoms with Crippen molar-refractivity contribution in [3.63, 3.8) is 0 Å².